The van der Waals surface area contributed by atoms with Crippen LogP contribution in [0.25, 0.3) is 10.9 Å². The molecule has 106 valence electrons. The SMILES string of the molecule is CCN(Cc1ccccn1)c1ccc2ncccc2c1N. The molecule has 0 fully saturated rings. The number of benzene rings is 1. The normalized spacial score (nSPS) is 10.7. The Hall–Kier alpha value is -2.62. The second-order valence-electron chi connectivity index (χ2n) is 4.90. The van der Waals surface area contributed by atoms with Crippen molar-refractivity contribution in [2.75, 3.05) is 17.2 Å². The van der Waals surface area contributed by atoms with E-state index in [4.69, 9.17) is 5.73 Å². The van der Waals surface area contributed by atoms with Crippen molar-refractivity contribution < 1.29 is 0 Å². The lowest BCUT2D eigenvalue weighted by Gasteiger charge is -2.25. The first-order valence-corrected chi connectivity index (χ1v) is 7.07. The van der Waals surface area contributed by atoms with Crippen LogP contribution < -0.4 is 10.6 Å². The highest BCUT2D eigenvalue weighted by Gasteiger charge is 2.12. The third-order valence-electron chi connectivity index (χ3n) is 3.61. The van der Waals surface area contributed by atoms with Crippen LogP contribution in [0.3, 0.4) is 0 Å². The van der Waals surface area contributed by atoms with E-state index < -0.39 is 0 Å². The van der Waals surface area contributed by atoms with E-state index >= 15 is 0 Å². The largest absolute Gasteiger partial charge is 0.396 e. The van der Waals surface area contributed by atoms with E-state index in [9.17, 15) is 0 Å². The first-order chi connectivity index (χ1) is 10.3. The fraction of sp³-hybridized carbons (Fsp3) is 0.176. The van der Waals surface area contributed by atoms with Crippen LogP contribution in [0.5, 0.6) is 0 Å². The molecule has 2 aromatic heterocycles. The number of aromatic nitrogens is 2. The molecular formula is C17H18N4. The van der Waals surface area contributed by atoms with Crippen molar-refractivity contribution >= 4 is 22.3 Å². The van der Waals surface area contributed by atoms with Crippen LogP contribution in [-0.4, -0.2) is 16.5 Å². The number of pyridine rings is 2. The van der Waals surface area contributed by atoms with Crippen molar-refractivity contribution in [3.63, 3.8) is 0 Å². The van der Waals surface area contributed by atoms with Crippen LogP contribution in [0.4, 0.5) is 11.4 Å². The number of nitrogens with two attached hydrogens (primary N) is 1. The zero-order chi connectivity index (χ0) is 14.7. The molecular weight excluding hydrogens is 260 g/mol. The van der Waals surface area contributed by atoms with Gasteiger partial charge < -0.3 is 10.6 Å². The number of nitrogens with zero attached hydrogens (tertiary/aromatic N) is 3. The van der Waals surface area contributed by atoms with Gasteiger partial charge in [-0.3, -0.25) is 9.97 Å². The molecule has 4 nitrogen and oxygen atoms in total. The Morgan fingerprint density at radius 2 is 1.86 bits per heavy atom. The standard InChI is InChI=1S/C17H18N4/c1-2-21(12-13-6-3-4-10-19-13)16-9-8-15-14(17(16)18)7-5-11-20-15/h3-11H,2,12,18H2,1H3. The molecule has 4 heteroatoms. The lowest BCUT2D eigenvalue weighted by Crippen LogP contribution is -2.23. The van der Waals surface area contributed by atoms with Crippen LogP contribution in [0.1, 0.15) is 12.6 Å². The second kappa shape index (κ2) is 5.79. The van der Waals surface area contributed by atoms with Crippen LogP contribution in [0.2, 0.25) is 0 Å². The molecule has 3 rings (SSSR count). The molecule has 0 saturated carbocycles. The number of rotatable bonds is 4. The van der Waals surface area contributed by atoms with Gasteiger partial charge in [-0.25, -0.2) is 0 Å². The van der Waals surface area contributed by atoms with Crippen molar-refractivity contribution in [3.8, 4) is 0 Å². The number of nitrogen functional groups attached to an aromatic ring is 1. The fourth-order valence-electron chi connectivity index (χ4n) is 2.49. The number of hydrogen-bond donors (Lipinski definition) is 1. The molecule has 0 radical (unpaired) electrons. The van der Waals surface area contributed by atoms with E-state index in [-0.39, 0.29) is 0 Å². The maximum atomic E-state index is 6.35. The maximum Gasteiger partial charge on any atom is 0.0724 e. The molecule has 2 N–H and O–H groups in total. The van der Waals surface area contributed by atoms with E-state index in [1.807, 2.05) is 48.7 Å². The summed E-state index contributed by atoms with van der Waals surface area (Å²) in [6.07, 6.45) is 3.60. The minimum absolute atomic E-state index is 0.743. The molecule has 0 aliphatic carbocycles. The van der Waals surface area contributed by atoms with Gasteiger partial charge in [-0.2, -0.15) is 0 Å². The van der Waals surface area contributed by atoms with Crippen LogP contribution >= 0.6 is 0 Å². The summed E-state index contributed by atoms with van der Waals surface area (Å²) in [7, 11) is 0. The minimum Gasteiger partial charge on any atom is -0.396 e. The van der Waals surface area contributed by atoms with Gasteiger partial charge in [0.2, 0.25) is 0 Å². The predicted octanol–water partition coefficient (Wildman–Crippen LogP) is 3.24. The number of anilines is 2. The summed E-state index contributed by atoms with van der Waals surface area (Å²) in [4.78, 5) is 11.0. The molecule has 3 aromatic rings. The highest BCUT2D eigenvalue weighted by Crippen LogP contribution is 2.31. The first-order valence-electron chi connectivity index (χ1n) is 7.07. The Bertz CT molecular complexity index is 740. The van der Waals surface area contributed by atoms with Crippen LogP contribution in [0.15, 0.2) is 54.9 Å². The maximum absolute atomic E-state index is 6.35. The topological polar surface area (TPSA) is 55.0 Å². The molecule has 0 spiro atoms. The summed E-state index contributed by atoms with van der Waals surface area (Å²) in [5.74, 6) is 0. The van der Waals surface area contributed by atoms with Gasteiger partial charge in [-0.15, -0.1) is 0 Å². The average molecular weight is 278 g/mol. The number of fused-ring (bicyclic) bond motifs is 1. The van der Waals surface area contributed by atoms with Crippen LogP contribution in [0, 0.1) is 0 Å². The van der Waals surface area contributed by atoms with Gasteiger partial charge >= 0.3 is 0 Å². The van der Waals surface area contributed by atoms with Gasteiger partial charge in [0.05, 0.1) is 29.1 Å². The van der Waals surface area contributed by atoms with Crippen molar-refractivity contribution in [3.05, 3.63) is 60.6 Å². The van der Waals surface area contributed by atoms with E-state index in [0.29, 0.717) is 0 Å². The van der Waals surface area contributed by atoms with E-state index in [1.165, 1.54) is 0 Å². The summed E-state index contributed by atoms with van der Waals surface area (Å²) in [5.41, 5.74) is 10.1. The molecule has 21 heavy (non-hydrogen) atoms. The first kappa shape index (κ1) is 13.4. The second-order valence-corrected chi connectivity index (χ2v) is 4.90. The third kappa shape index (κ3) is 2.65. The smallest absolute Gasteiger partial charge is 0.0724 e. The van der Waals surface area contributed by atoms with Gasteiger partial charge in [0.25, 0.3) is 0 Å². The number of hydrogen-bond acceptors (Lipinski definition) is 4. The highest BCUT2D eigenvalue weighted by atomic mass is 15.1. The van der Waals surface area contributed by atoms with E-state index in [1.54, 1.807) is 6.20 Å². The Morgan fingerprint density at radius 3 is 2.62 bits per heavy atom. The monoisotopic (exact) mass is 278 g/mol. The summed E-state index contributed by atoms with van der Waals surface area (Å²) in [6, 6.07) is 13.9. The Labute approximate surface area is 124 Å². The molecule has 0 aliphatic heterocycles. The highest BCUT2D eigenvalue weighted by molar-refractivity contribution is 5.97. The molecule has 0 aliphatic rings. The Balaban J connectivity index is 1.99. The van der Waals surface area contributed by atoms with Crippen molar-refractivity contribution in [2.45, 2.75) is 13.5 Å². The van der Waals surface area contributed by atoms with Crippen molar-refractivity contribution in [2.24, 2.45) is 0 Å². The Morgan fingerprint density at radius 1 is 1.00 bits per heavy atom. The zero-order valence-corrected chi connectivity index (χ0v) is 12.0. The summed E-state index contributed by atoms with van der Waals surface area (Å²) >= 11 is 0. The van der Waals surface area contributed by atoms with Gasteiger partial charge in [-0.05, 0) is 43.3 Å². The zero-order valence-electron chi connectivity index (χ0n) is 12.0. The lowest BCUT2D eigenvalue weighted by molar-refractivity contribution is 0.811. The fourth-order valence-corrected chi connectivity index (χ4v) is 2.49. The molecule has 1 aromatic carbocycles. The average Bonchev–Trinajstić information content (AvgIpc) is 2.55. The van der Waals surface area contributed by atoms with Gasteiger partial charge in [0.15, 0.2) is 0 Å². The minimum atomic E-state index is 0.743. The Kier molecular flexibility index (Phi) is 3.69. The molecule has 0 unspecified atom stereocenters. The van der Waals surface area contributed by atoms with Crippen LogP contribution in [-0.2, 0) is 6.54 Å². The molecule has 0 amide bonds. The molecule has 2 heterocycles. The lowest BCUT2D eigenvalue weighted by atomic mass is 10.1. The predicted molar refractivity (Wildman–Crippen MR) is 87.1 cm³/mol. The van der Waals surface area contributed by atoms with E-state index in [2.05, 4.69) is 21.8 Å². The molecule has 0 atom stereocenters. The van der Waals surface area contributed by atoms with Gasteiger partial charge in [0.1, 0.15) is 0 Å². The molecule has 0 bridgehead atoms. The summed E-state index contributed by atoms with van der Waals surface area (Å²) in [5, 5.41) is 0.995. The van der Waals surface area contributed by atoms with Crippen molar-refractivity contribution in [1.29, 1.82) is 0 Å². The van der Waals surface area contributed by atoms with Gasteiger partial charge in [0, 0.05) is 24.3 Å². The third-order valence-corrected chi connectivity index (χ3v) is 3.61. The summed E-state index contributed by atoms with van der Waals surface area (Å²) < 4.78 is 0. The summed E-state index contributed by atoms with van der Waals surface area (Å²) in [6.45, 7) is 3.73. The van der Waals surface area contributed by atoms with Gasteiger partial charge in [-0.1, -0.05) is 6.07 Å². The molecule has 0 saturated heterocycles. The van der Waals surface area contributed by atoms with E-state index in [0.717, 1.165) is 41.1 Å². The quantitative estimate of drug-likeness (QED) is 0.744. The van der Waals surface area contributed by atoms with Crippen molar-refractivity contribution in [1.82, 2.24) is 9.97 Å².